The van der Waals surface area contributed by atoms with Gasteiger partial charge in [0.25, 0.3) is 0 Å². The highest BCUT2D eigenvalue weighted by atomic mass is 16.5. The van der Waals surface area contributed by atoms with Gasteiger partial charge in [0.1, 0.15) is 11.8 Å². The minimum atomic E-state index is 0.364. The molecular formula is C19H23N3O. The number of benzene rings is 1. The van der Waals surface area contributed by atoms with Crippen LogP contribution in [0.15, 0.2) is 30.3 Å². The minimum Gasteiger partial charge on any atom is -0.378 e. The first-order chi connectivity index (χ1) is 11.3. The van der Waals surface area contributed by atoms with Crippen molar-refractivity contribution in [2.24, 2.45) is 0 Å². The molecule has 0 N–H and O–H groups in total. The molecule has 0 aliphatic carbocycles. The molecule has 1 aromatic heterocycles. The summed E-state index contributed by atoms with van der Waals surface area (Å²) in [7, 11) is 0. The number of para-hydroxylation sites is 1. The van der Waals surface area contributed by atoms with Crippen LogP contribution in [-0.2, 0) is 4.74 Å². The Labute approximate surface area is 137 Å². The minimum absolute atomic E-state index is 0.364. The Morgan fingerprint density at radius 2 is 2.17 bits per heavy atom. The summed E-state index contributed by atoms with van der Waals surface area (Å²) in [6.07, 6.45) is 4.71. The van der Waals surface area contributed by atoms with Crippen LogP contribution >= 0.6 is 0 Å². The zero-order valence-corrected chi connectivity index (χ0v) is 13.7. The molecular weight excluding hydrogens is 286 g/mol. The standard InChI is InChI=1S/C19H23N3O/c1-2-12-23-16-6-5-10-22(11-9-16)19-13-15(14-20)21-18-8-4-3-7-17(18)19/h3-4,7-8,13,16H,2,5-6,9-12H2,1H3. The van der Waals surface area contributed by atoms with Crippen LogP contribution in [0.5, 0.6) is 0 Å². The molecule has 0 amide bonds. The molecule has 120 valence electrons. The van der Waals surface area contributed by atoms with Gasteiger partial charge in [-0.25, -0.2) is 4.98 Å². The van der Waals surface area contributed by atoms with Crippen LogP contribution in [0, 0.1) is 11.3 Å². The van der Waals surface area contributed by atoms with Crippen molar-refractivity contribution in [3.05, 3.63) is 36.0 Å². The van der Waals surface area contributed by atoms with Crippen molar-refractivity contribution >= 4 is 16.6 Å². The van der Waals surface area contributed by atoms with Crippen LogP contribution in [0.4, 0.5) is 5.69 Å². The normalized spacial score (nSPS) is 18.6. The number of hydrogen-bond donors (Lipinski definition) is 0. The summed E-state index contributed by atoms with van der Waals surface area (Å²) < 4.78 is 5.94. The number of fused-ring (bicyclic) bond motifs is 1. The molecule has 1 saturated heterocycles. The van der Waals surface area contributed by atoms with Gasteiger partial charge in [0, 0.05) is 30.8 Å². The lowest BCUT2D eigenvalue weighted by Crippen LogP contribution is -2.25. The summed E-state index contributed by atoms with van der Waals surface area (Å²) in [5.74, 6) is 0. The van der Waals surface area contributed by atoms with Gasteiger partial charge in [0.15, 0.2) is 0 Å². The second kappa shape index (κ2) is 7.43. The van der Waals surface area contributed by atoms with E-state index in [1.807, 2.05) is 24.3 Å². The van der Waals surface area contributed by atoms with E-state index >= 15 is 0 Å². The van der Waals surface area contributed by atoms with Crippen molar-refractivity contribution in [3.8, 4) is 6.07 Å². The van der Waals surface area contributed by atoms with E-state index in [0.29, 0.717) is 11.8 Å². The fraction of sp³-hybridized carbons (Fsp3) is 0.474. The van der Waals surface area contributed by atoms with E-state index in [1.54, 1.807) is 0 Å². The second-order valence-corrected chi connectivity index (χ2v) is 6.07. The van der Waals surface area contributed by atoms with Crippen LogP contribution in [0.3, 0.4) is 0 Å². The Hall–Kier alpha value is -2.12. The number of nitrogens with zero attached hydrogens (tertiary/aromatic N) is 3. The maximum Gasteiger partial charge on any atom is 0.143 e. The van der Waals surface area contributed by atoms with Crippen LogP contribution in [0.2, 0.25) is 0 Å². The molecule has 1 aliphatic heterocycles. The SMILES string of the molecule is CCCOC1CCCN(c2cc(C#N)nc3ccccc23)CC1. The maximum absolute atomic E-state index is 9.26. The lowest BCUT2D eigenvalue weighted by atomic mass is 10.1. The summed E-state index contributed by atoms with van der Waals surface area (Å²) in [6.45, 7) is 4.97. The number of hydrogen-bond acceptors (Lipinski definition) is 4. The highest BCUT2D eigenvalue weighted by molar-refractivity contribution is 5.92. The Morgan fingerprint density at radius 3 is 3.00 bits per heavy atom. The number of nitriles is 1. The molecule has 23 heavy (non-hydrogen) atoms. The first kappa shape index (κ1) is 15.8. The van der Waals surface area contributed by atoms with Crippen molar-refractivity contribution in [2.75, 3.05) is 24.6 Å². The third-order valence-corrected chi connectivity index (χ3v) is 4.38. The average Bonchev–Trinajstić information content (AvgIpc) is 2.84. The molecule has 0 radical (unpaired) electrons. The van der Waals surface area contributed by atoms with Crippen LogP contribution in [-0.4, -0.2) is 30.8 Å². The van der Waals surface area contributed by atoms with Gasteiger partial charge in [0.05, 0.1) is 11.6 Å². The fourth-order valence-electron chi connectivity index (χ4n) is 3.23. The molecule has 1 aliphatic rings. The summed E-state index contributed by atoms with van der Waals surface area (Å²) in [5, 5.41) is 10.4. The fourth-order valence-corrected chi connectivity index (χ4v) is 3.23. The Balaban J connectivity index is 1.86. The monoisotopic (exact) mass is 309 g/mol. The highest BCUT2D eigenvalue weighted by Gasteiger charge is 2.19. The van der Waals surface area contributed by atoms with E-state index in [0.717, 1.165) is 62.0 Å². The van der Waals surface area contributed by atoms with Gasteiger partial charge in [0.2, 0.25) is 0 Å². The number of pyridine rings is 1. The lowest BCUT2D eigenvalue weighted by Gasteiger charge is -2.24. The van der Waals surface area contributed by atoms with Crippen molar-refractivity contribution in [2.45, 2.75) is 38.7 Å². The molecule has 1 unspecified atom stereocenters. The molecule has 1 fully saturated rings. The first-order valence-corrected chi connectivity index (χ1v) is 8.48. The maximum atomic E-state index is 9.26. The molecule has 3 rings (SSSR count). The molecule has 4 heteroatoms. The second-order valence-electron chi connectivity index (χ2n) is 6.07. The van der Waals surface area contributed by atoms with Crippen molar-refractivity contribution < 1.29 is 4.74 Å². The van der Waals surface area contributed by atoms with Gasteiger partial charge in [-0.15, -0.1) is 0 Å². The number of ether oxygens (including phenoxy) is 1. The van der Waals surface area contributed by atoms with Gasteiger partial charge < -0.3 is 9.64 Å². The van der Waals surface area contributed by atoms with Gasteiger partial charge in [-0.2, -0.15) is 5.26 Å². The zero-order chi connectivity index (χ0) is 16.1. The van der Waals surface area contributed by atoms with Gasteiger partial charge in [-0.1, -0.05) is 25.1 Å². The van der Waals surface area contributed by atoms with Gasteiger partial charge in [-0.05, 0) is 37.8 Å². The van der Waals surface area contributed by atoms with E-state index < -0.39 is 0 Å². The van der Waals surface area contributed by atoms with Crippen LogP contribution in [0.1, 0.15) is 38.3 Å². The average molecular weight is 309 g/mol. The number of anilines is 1. The molecule has 0 spiro atoms. The molecule has 2 heterocycles. The third-order valence-electron chi connectivity index (χ3n) is 4.38. The van der Waals surface area contributed by atoms with Crippen LogP contribution < -0.4 is 4.90 Å². The zero-order valence-electron chi connectivity index (χ0n) is 13.7. The van der Waals surface area contributed by atoms with Crippen molar-refractivity contribution in [1.82, 2.24) is 4.98 Å². The lowest BCUT2D eigenvalue weighted by molar-refractivity contribution is 0.0461. The molecule has 2 aromatic rings. The molecule has 4 nitrogen and oxygen atoms in total. The van der Waals surface area contributed by atoms with E-state index in [4.69, 9.17) is 4.74 Å². The summed E-state index contributed by atoms with van der Waals surface area (Å²) in [4.78, 5) is 6.80. The summed E-state index contributed by atoms with van der Waals surface area (Å²) in [6, 6.07) is 12.2. The quantitative estimate of drug-likeness (QED) is 0.859. The van der Waals surface area contributed by atoms with E-state index in [9.17, 15) is 5.26 Å². The smallest absolute Gasteiger partial charge is 0.143 e. The molecule has 1 atom stereocenters. The third kappa shape index (κ3) is 3.62. The van der Waals surface area contributed by atoms with Gasteiger partial charge >= 0.3 is 0 Å². The predicted molar refractivity (Wildman–Crippen MR) is 92.6 cm³/mol. The predicted octanol–water partition coefficient (Wildman–Crippen LogP) is 3.89. The summed E-state index contributed by atoms with van der Waals surface area (Å²) in [5.41, 5.74) is 2.51. The Bertz CT molecular complexity index is 707. The Morgan fingerprint density at radius 1 is 1.30 bits per heavy atom. The number of aromatic nitrogens is 1. The molecule has 1 aromatic carbocycles. The highest BCUT2D eigenvalue weighted by Crippen LogP contribution is 2.29. The van der Waals surface area contributed by atoms with E-state index in [2.05, 4.69) is 28.9 Å². The summed E-state index contributed by atoms with van der Waals surface area (Å²) >= 11 is 0. The van der Waals surface area contributed by atoms with E-state index in [1.165, 1.54) is 0 Å². The largest absolute Gasteiger partial charge is 0.378 e. The molecule has 0 bridgehead atoms. The first-order valence-electron chi connectivity index (χ1n) is 8.48. The Kier molecular flexibility index (Phi) is 5.09. The molecule has 0 saturated carbocycles. The van der Waals surface area contributed by atoms with Crippen molar-refractivity contribution in [1.29, 1.82) is 5.26 Å². The number of rotatable bonds is 4. The van der Waals surface area contributed by atoms with Crippen LogP contribution in [0.25, 0.3) is 10.9 Å². The van der Waals surface area contributed by atoms with E-state index in [-0.39, 0.29) is 0 Å². The van der Waals surface area contributed by atoms with Crippen molar-refractivity contribution in [3.63, 3.8) is 0 Å². The topological polar surface area (TPSA) is 49.1 Å². The van der Waals surface area contributed by atoms with Gasteiger partial charge in [-0.3, -0.25) is 0 Å².